The molecule has 0 aliphatic heterocycles. The summed E-state index contributed by atoms with van der Waals surface area (Å²) in [7, 11) is 1.67. The Morgan fingerprint density at radius 3 is 2.12 bits per heavy atom. The Hall–Kier alpha value is -0.180. The monoisotopic (exact) mass is 123 g/mol. The van der Waals surface area contributed by atoms with Crippen molar-refractivity contribution in [3.63, 3.8) is 0 Å². The first-order chi connectivity index (χ1) is 3.68. The summed E-state index contributed by atoms with van der Waals surface area (Å²) >= 11 is 0. The molecular formula is C5H11F2N. The van der Waals surface area contributed by atoms with Crippen LogP contribution >= 0.6 is 0 Å². The van der Waals surface area contributed by atoms with Gasteiger partial charge in [0.25, 0.3) is 0 Å². The first kappa shape index (κ1) is 7.82. The number of hydrogen-bond acceptors (Lipinski definition) is 1. The Kier molecular flexibility index (Phi) is 3.69. The Bertz CT molecular complexity index is 56.4. The molecule has 0 saturated heterocycles. The standard InChI is InChI=1S/C5H11F2N/c1-4(3-8-2)5(6)7/h4-5,8H,3H2,1-2H3. The van der Waals surface area contributed by atoms with E-state index in [-0.39, 0.29) is 0 Å². The third-order valence-electron chi connectivity index (χ3n) is 0.956. The zero-order valence-electron chi connectivity index (χ0n) is 5.12. The average Bonchev–Trinajstić information content (AvgIpc) is 1.67. The molecule has 0 heterocycles. The number of rotatable bonds is 3. The van der Waals surface area contributed by atoms with Crippen molar-refractivity contribution in [2.24, 2.45) is 5.92 Å². The van der Waals surface area contributed by atoms with Gasteiger partial charge in [0.1, 0.15) is 0 Å². The van der Waals surface area contributed by atoms with Crippen LogP contribution in [0, 0.1) is 5.92 Å². The lowest BCUT2D eigenvalue weighted by Crippen LogP contribution is -2.21. The van der Waals surface area contributed by atoms with Crippen LogP contribution in [-0.4, -0.2) is 20.0 Å². The Balaban J connectivity index is 3.17. The first-order valence-corrected chi connectivity index (χ1v) is 2.61. The fourth-order valence-electron chi connectivity index (χ4n) is 0.411. The van der Waals surface area contributed by atoms with Gasteiger partial charge >= 0.3 is 0 Å². The topological polar surface area (TPSA) is 12.0 Å². The molecule has 0 radical (unpaired) electrons. The summed E-state index contributed by atoms with van der Waals surface area (Å²) in [6.45, 7) is 1.90. The van der Waals surface area contributed by atoms with Gasteiger partial charge in [-0.15, -0.1) is 0 Å². The quantitative estimate of drug-likeness (QED) is 0.592. The molecule has 0 aliphatic rings. The molecule has 0 aromatic heterocycles. The third kappa shape index (κ3) is 2.91. The summed E-state index contributed by atoms with van der Waals surface area (Å²) in [4.78, 5) is 0. The molecule has 0 fully saturated rings. The Morgan fingerprint density at radius 2 is 2.00 bits per heavy atom. The molecule has 0 aromatic rings. The number of alkyl halides is 2. The van der Waals surface area contributed by atoms with Crippen molar-refractivity contribution in [1.29, 1.82) is 0 Å². The van der Waals surface area contributed by atoms with Crippen molar-refractivity contribution in [1.82, 2.24) is 5.32 Å². The zero-order chi connectivity index (χ0) is 6.57. The lowest BCUT2D eigenvalue weighted by Gasteiger charge is -2.06. The van der Waals surface area contributed by atoms with Crippen LogP contribution < -0.4 is 5.32 Å². The molecule has 0 rings (SSSR count). The van der Waals surface area contributed by atoms with Gasteiger partial charge in [-0.2, -0.15) is 0 Å². The van der Waals surface area contributed by atoms with Gasteiger partial charge < -0.3 is 5.32 Å². The zero-order valence-corrected chi connectivity index (χ0v) is 5.12. The van der Waals surface area contributed by atoms with Crippen molar-refractivity contribution in [3.05, 3.63) is 0 Å². The Labute approximate surface area is 48.1 Å². The molecule has 3 heteroatoms. The molecule has 0 bridgehead atoms. The maximum atomic E-state index is 11.6. The minimum absolute atomic E-state index is 0.387. The fraction of sp³-hybridized carbons (Fsp3) is 1.00. The van der Waals surface area contributed by atoms with Crippen LogP contribution in [0.25, 0.3) is 0 Å². The maximum absolute atomic E-state index is 11.6. The van der Waals surface area contributed by atoms with Gasteiger partial charge in [-0.05, 0) is 7.05 Å². The van der Waals surface area contributed by atoms with Crippen LogP contribution in [0.4, 0.5) is 8.78 Å². The highest BCUT2D eigenvalue weighted by Gasteiger charge is 2.11. The molecule has 1 unspecified atom stereocenters. The second-order valence-corrected chi connectivity index (χ2v) is 1.87. The van der Waals surface area contributed by atoms with E-state index in [1.165, 1.54) is 6.92 Å². The summed E-state index contributed by atoms with van der Waals surface area (Å²) in [6, 6.07) is 0. The van der Waals surface area contributed by atoms with Crippen molar-refractivity contribution < 1.29 is 8.78 Å². The van der Waals surface area contributed by atoms with Gasteiger partial charge in [0, 0.05) is 12.5 Å². The summed E-state index contributed by atoms with van der Waals surface area (Å²) in [6.07, 6.45) is -2.19. The smallest absolute Gasteiger partial charge is 0.242 e. The van der Waals surface area contributed by atoms with Gasteiger partial charge in [0.05, 0.1) is 0 Å². The number of halogens is 2. The van der Waals surface area contributed by atoms with E-state index >= 15 is 0 Å². The highest BCUT2D eigenvalue weighted by atomic mass is 19.3. The molecule has 1 nitrogen and oxygen atoms in total. The molecule has 0 aromatic carbocycles. The molecule has 0 aliphatic carbocycles. The molecule has 0 spiro atoms. The van der Waals surface area contributed by atoms with Gasteiger partial charge in [-0.3, -0.25) is 0 Å². The van der Waals surface area contributed by atoms with Crippen molar-refractivity contribution >= 4 is 0 Å². The van der Waals surface area contributed by atoms with Crippen molar-refractivity contribution in [2.45, 2.75) is 13.3 Å². The van der Waals surface area contributed by atoms with E-state index < -0.39 is 12.3 Å². The minimum atomic E-state index is -2.19. The predicted octanol–water partition coefficient (Wildman–Crippen LogP) is 1.11. The van der Waals surface area contributed by atoms with Crippen LogP contribution in [0.15, 0.2) is 0 Å². The van der Waals surface area contributed by atoms with E-state index in [1.807, 2.05) is 0 Å². The second kappa shape index (κ2) is 3.78. The maximum Gasteiger partial charge on any atom is 0.242 e. The number of hydrogen-bond donors (Lipinski definition) is 1. The van der Waals surface area contributed by atoms with Crippen LogP contribution in [-0.2, 0) is 0 Å². The summed E-state index contributed by atoms with van der Waals surface area (Å²) < 4.78 is 23.2. The molecule has 8 heavy (non-hydrogen) atoms. The van der Waals surface area contributed by atoms with E-state index in [4.69, 9.17) is 0 Å². The third-order valence-corrected chi connectivity index (χ3v) is 0.956. The van der Waals surface area contributed by atoms with Gasteiger partial charge in [-0.25, -0.2) is 8.78 Å². The SMILES string of the molecule is CNCC(C)C(F)F. The largest absolute Gasteiger partial charge is 0.319 e. The number of nitrogens with one attached hydrogen (secondary N) is 1. The van der Waals surface area contributed by atoms with E-state index in [2.05, 4.69) is 5.32 Å². The normalized spacial score (nSPS) is 14.6. The van der Waals surface area contributed by atoms with E-state index in [0.717, 1.165) is 0 Å². The predicted molar refractivity (Wildman–Crippen MR) is 29.1 cm³/mol. The van der Waals surface area contributed by atoms with Crippen LogP contribution in [0.3, 0.4) is 0 Å². The molecule has 1 atom stereocenters. The Morgan fingerprint density at radius 1 is 1.50 bits per heavy atom. The van der Waals surface area contributed by atoms with Gasteiger partial charge in [0.2, 0.25) is 6.43 Å². The van der Waals surface area contributed by atoms with Gasteiger partial charge in [0.15, 0.2) is 0 Å². The molecule has 0 saturated carbocycles. The lowest BCUT2D eigenvalue weighted by atomic mass is 10.2. The first-order valence-electron chi connectivity index (χ1n) is 2.61. The molecule has 1 N–H and O–H groups in total. The van der Waals surface area contributed by atoms with Crippen molar-refractivity contribution in [3.8, 4) is 0 Å². The molecule has 0 amide bonds. The highest BCUT2D eigenvalue weighted by molar-refractivity contribution is 4.55. The van der Waals surface area contributed by atoms with E-state index in [0.29, 0.717) is 6.54 Å². The van der Waals surface area contributed by atoms with E-state index in [1.54, 1.807) is 7.05 Å². The summed E-state index contributed by atoms with van der Waals surface area (Å²) in [5, 5.41) is 2.67. The van der Waals surface area contributed by atoms with Crippen molar-refractivity contribution in [2.75, 3.05) is 13.6 Å². The van der Waals surface area contributed by atoms with E-state index in [9.17, 15) is 8.78 Å². The van der Waals surface area contributed by atoms with Crippen LogP contribution in [0.1, 0.15) is 6.92 Å². The summed E-state index contributed by atoms with van der Waals surface area (Å²) in [5.41, 5.74) is 0. The molecule has 50 valence electrons. The minimum Gasteiger partial charge on any atom is -0.319 e. The fourth-order valence-corrected chi connectivity index (χ4v) is 0.411. The second-order valence-electron chi connectivity index (χ2n) is 1.87. The summed E-state index contributed by atoms with van der Waals surface area (Å²) in [5.74, 6) is -0.528. The van der Waals surface area contributed by atoms with Gasteiger partial charge in [-0.1, -0.05) is 6.92 Å². The molecular weight excluding hydrogens is 112 g/mol. The average molecular weight is 123 g/mol. The van der Waals surface area contributed by atoms with Crippen LogP contribution in [0.5, 0.6) is 0 Å². The highest BCUT2D eigenvalue weighted by Crippen LogP contribution is 2.05. The van der Waals surface area contributed by atoms with Crippen LogP contribution in [0.2, 0.25) is 0 Å². The lowest BCUT2D eigenvalue weighted by molar-refractivity contribution is 0.0871.